The molecule has 2 saturated heterocycles. The number of hydrogen-bond acceptors (Lipinski definition) is 5. The maximum absolute atomic E-state index is 12.0. The molecule has 114 valence electrons. The number of carbonyl (C=O) groups excluding carboxylic acids is 2. The van der Waals surface area contributed by atoms with Crippen LogP contribution in [0.25, 0.3) is 0 Å². The fraction of sp³-hybridized carbons (Fsp3) is 0.857. The van der Waals surface area contributed by atoms with Crippen LogP contribution in [-0.2, 0) is 19.0 Å². The number of ether oxygens (including phenoxy) is 3. The molecule has 0 saturated carbocycles. The van der Waals surface area contributed by atoms with Gasteiger partial charge in [-0.05, 0) is 34.6 Å². The van der Waals surface area contributed by atoms with Crippen LogP contribution in [0.5, 0.6) is 0 Å². The zero-order valence-corrected chi connectivity index (χ0v) is 12.8. The number of rotatable bonds is 1. The lowest BCUT2D eigenvalue weighted by molar-refractivity contribution is -0.144. The van der Waals surface area contributed by atoms with Crippen molar-refractivity contribution in [1.82, 2.24) is 4.90 Å². The fourth-order valence-electron chi connectivity index (χ4n) is 2.43. The van der Waals surface area contributed by atoms with Crippen LogP contribution < -0.4 is 0 Å². The number of nitrogens with zero attached hydrogens (tertiary/aromatic N) is 1. The third kappa shape index (κ3) is 3.49. The summed E-state index contributed by atoms with van der Waals surface area (Å²) in [6.07, 6.45) is -0.437. The van der Waals surface area contributed by atoms with Gasteiger partial charge in [0.1, 0.15) is 5.60 Å². The minimum Gasteiger partial charge on any atom is -0.443 e. The summed E-state index contributed by atoms with van der Waals surface area (Å²) in [5.41, 5.74) is -0.607. The Balaban J connectivity index is 1.96. The number of imide groups is 1. The average Bonchev–Trinajstić information content (AvgIpc) is 2.79. The first kappa shape index (κ1) is 15.3. The van der Waals surface area contributed by atoms with Gasteiger partial charge in [-0.1, -0.05) is 0 Å². The molecule has 2 amide bonds. The number of likely N-dealkylation sites (tertiary alicyclic amines) is 1. The Kier molecular flexibility index (Phi) is 3.81. The van der Waals surface area contributed by atoms with E-state index in [0.717, 1.165) is 0 Å². The molecule has 0 aromatic rings. The Bertz CT molecular complexity index is 412. The summed E-state index contributed by atoms with van der Waals surface area (Å²) in [6.45, 7) is 9.80. The first-order chi connectivity index (χ1) is 9.07. The largest absolute Gasteiger partial charge is 0.443 e. The van der Waals surface area contributed by atoms with Gasteiger partial charge in [-0.15, -0.1) is 0 Å². The molecule has 2 aliphatic heterocycles. The smallest absolute Gasteiger partial charge is 0.417 e. The molecule has 6 heteroatoms. The Hall–Kier alpha value is -1.14. The molecule has 0 aliphatic carbocycles. The highest BCUT2D eigenvalue weighted by atomic mass is 16.7. The molecule has 2 atom stereocenters. The lowest BCUT2D eigenvalue weighted by Gasteiger charge is -2.24. The molecule has 0 aromatic heterocycles. The Morgan fingerprint density at radius 1 is 1.40 bits per heavy atom. The lowest BCUT2D eigenvalue weighted by atomic mass is 10.0. The summed E-state index contributed by atoms with van der Waals surface area (Å²) >= 11 is 0. The summed E-state index contributed by atoms with van der Waals surface area (Å²) in [5.74, 6) is -0.859. The van der Waals surface area contributed by atoms with Crippen molar-refractivity contribution in [1.29, 1.82) is 0 Å². The normalized spacial score (nSPS) is 29.9. The molecule has 0 bridgehead atoms. The van der Waals surface area contributed by atoms with Gasteiger partial charge in [0, 0.05) is 18.9 Å². The van der Waals surface area contributed by atoms with Crippen molar-refractivity contribution in [3.8, 4) is 0 Å². The Morgan fingerprint density at radius 3 is 2.55 bits per heavy atom. The van der Waals surface area contributed by atoms with Crippen molar-refractivity contribution in [3.05, 3.63) is 0 Å². The summed E-state index contributed by atoms with van der Waals surface area (Å²) in [7, 11) is 0. The molecule has 6 nitrogen and oxygen atoms in total. The third-order valence-electron chi connectivity index (χ3n) is 3.33. The number of hydrogen-bond donors (Lipinski definition) is 0. The summed E-state index contributed by atoms with van der Waals surface area (Å²) < 4.78 is 16.5. The highest BCUT2D eigenvalue weighted by molar-refractivity contribution is 5.93. The molecule has 2 fully saturated rings. The fourth-order valence-corrected chi connectivity index (χ4v) is 2.43. The van der Waals surface area contributed by atoms with E-state index in [1.807, 2.05) is 13.8 Å². The van der Waals surface area contributed by atoms with Gasteiger partial charge in [-0.2, -0.15) is 0 Å². The van der Waals surface area contributed by atoms with Crippen molar-refractivity contribution in [2.45, 2.75) is 58.5 Å². The Labute approximate surface area is 119 Å². The van der Waals surface area contributed by atoms with Gasteiger partial charge in [0.15, 0.2) is 5.79 Å². The molecule has 0 aromatic carbocycles. The van der Waals surface area contributed by atoms with Crippen molar-refractivity contribution in [2.24, 2.45) is 5.92 Å². The van der Waals surface area contributed by atoms with E-state index >= 15 is 0 Å². The molecule has 20 heavy (non-hydrogen) atoms. The van der Waals surface area contributed by atoms with E-state index in [0.29, 0.717) is 19.6 Å². The van der Waals surface area contributed by atoms with E-state index in [2.05, 4.69) is 0 Å². The Morgan fingerprint density at radius 2 is 2.05 bits per heavy atom. The quantitative estimate of drug-likeness (QED) is 0.736. The highest BCUT2D eigenvalue weighted by Crippen LogP contribution is 2.32. The van der Waals surface area contributed by atoms with Gasteiger partial charge in [0.25, 0.3) is 0 Å². The second-order valence-electron chi connectivity index (χ2n) is 6.82. The topological polar surface area (TPSA) is 65.1 Å². The standard InChI is InChI=1S/C14H23NO5/c1-13(2,3)20-12(17)15-7-9(6-11(15)16)10-8-18-14(4,5)19-10/h9-10H,6-8H2,1-5H3/t9?,10-/m1/s1. The minimum absolute atomic E-state index is 0.0307. The van der Waals surface area contributed by atoms with E-state index in [-0.39, 0.29) is 17.9 Å². The third-order valence-corrected chi connectivity index (χ3v) is 3.33. The van der Waals surface area contributed by atoms with Gasteiger partial charge in [-0.3, -0.25) is 4.79 Å². The van der Waals surface area contributed by atoms with Crippen molar-refractivity contribution in [2.75, 3.05) is 13.2 Å². The summed E-state index contributed by atoms with van der Waals surface area (Å²) in [6, 6.07) is 0. The predicted molar refractivity (Wildman–Crippen MR) is 71.0 cm³/mol. The number of amides is 2. The second-order valence-corrected chi connectivity index (χ2v) is 6.82. The van der Waals surface area contributed by atoms with Crippen LogP contribution in [0.1, 0.15) is 41.0 Å². The van der Waals surface area contributed by atoms with E-state index in [1.54, 1.807) is 20.8 Å². The zero-order valence-electron chi connectivity index (χ0n) is 12.8. The highest BCUT2D eigenvalue weighted by Gasteiger charge is 2.45. The summed E-state index contributed by atoms with van der Waals surface area (Å²) in [4.78, 5) is 25.1. The van der Waals surface area contributed by atoms with E-state index < -0.39 is 17.5 Å². The van der Waals surface area contributed by atoms with E-state index in [1.165, 1.54) is 4.90 Å². The molecular formula is C14H23NO5. The molecule has 0 N–H and O–H groups in total. The molecular weight excluding hydrogens is 262 g/mol. The van der Waals surface area contributed by atoms with Crippen molar-refractivity contribution in [3.63, 3.8) is 0 Å². The maximum Gasteiger partial charge on any atom is 0.417 e. The van der Waals surface area contributed by atoms with Crippen LogP contribution in [0.4, 0.5) is 4.79 Å². The lowest BCUT2D eigenvalue weighted by Crippen LogP contribution is -2.38. The molecule has 0 radical (unpaired) electrons. The molecule has 0 spiro atoms. The van der Waals surface area contributed by atoms with Crippen LogP contribution in [0, 0.1) is 5.92 Å². The maximum atomic E-state index is 12.0. The van der Waals surface area contributed by atoms with Crippen LogP contribution in [0.15, 0.2) is 0 Å². The first-order valence-electron chi connectivity index (χ1n) is 6.92. The van der Waals surface area contributed by atoms with Gasteiger partial charge < -0.3 is 14.2 Å². The van der Waals surface area contributed by atoms with Gasteiger partial charge in [0.05, 0.1) is 12.7 Å². The molecule has 2 heterocycles. The zero-order chi connectivity index (χ0) is 15.1. The number of carbonyl (C=O) groups is 2. The predicted octanol–water partition coefficient (Wildman–Crippen LogP) is 1.92. The monoisotopic (exact) mass is 285 g/mol. The SMILES string of the molecule is CC(C)(C)OC(=O)N1CC([C@H]2COC(C)(C)O2)CC1=O. The van der Waals surface area contributed by atoms with Gasteiger partial charge >= 0.3 is 6.09 Å². The first-order valence-corrected chi connectivity index (χ1v) is 6.92. The molecule has 1 unspecified atom stereocenters. The van der Waals surface area contributed by atoms with Crippen LogP contribution in [-0.4, -0.2) is 47.5 Å². The van der Waals surface area contributed by atoms with Gasteiger partial charge in [-0.25, -0.2) is 9.69 Å². The van der Waals surface area contributed by atoms with E-state index in [9.17, 15) is 9.59 Å². The summed E-state index contributed by atoms with van der Waals surface area (Å²) in [5, 5.41) is 0. The molecule has 2 aliphatic rings. The van der Waals surface area contributed by atoms with Crippen molar-refractivity contribution >= 4 is 12.0 Å². The van der Waals surface area contributed by atoms with Crippen LogP contribution in [0.3, 0.4) is 0 Å². The second kappa shape index (κ2) is 5.00. The van der Waals surface area contributed by atoms with Crippen molar-refractivity contribution < 1.29 is 23.8 Å². The average molecular weight is 285 g/mol. The minimum atomic E-state index is -0.618. The molecule has 2 rings (SSSR count). The van der Waals surface area contributed by atoms with E-state index in [4.69, 9.17) is 14.2 Å². The van der Waals surface area contributed by atoms with Crippen LogP contribution >= 0.6 is 0 Å². The van der Waals surface area contributed by atoms with Crippen LogP contribution in [0.2, 0.25) is 0 Å². The van der Waals surface area contributed by atoms with Gasteiger partial charge in [0.2, 0.25) is 5.91 Å².